The first-order valence-electron chi connectivity index (χ1n) is 11.1. The molecule has 0 saturated heterocycles. The largest absolute Gasteiger partial charge is 0.748 e. The average molecular weight is 511 g/mol. The lowest BCUT2D eigenvalue weighted by atomic mass is 10.1. The Morgan fingerprint density at radius 3 is 1.32 bits per heavy atom. The average Bonchev–Trinajstić information content (AvgIpc) is 2.80. The summed E-state index contributed by atoms with van der Waals surface area (Å²) in [5, 5.41) is 0. The van der Waals surface area contributed by atoms with Gasteiger partial charge in [-0.05, 0) is 49.2 Å². The fourth-order valence-corrected chi connectivity index (χ4v) is 5.87. The third kappa shape index (κ3) is 11.7. The van der Waals surface area contributed by atoms with Crippen molar-refractivity contribution in [2.24, 2.45) is 0 Å². The monoisotopic (exact) mass is 510 g/mol. The zero-order valence-corrected chi connectivity index (χ0v) is 20.4. The first kappa shape index (κ1) is 28.0. The molecule has 0 spiro atoms. The van der Waals surface area contributed by atoms with Crippen molar-refractivity contribution in [3.05, 3.63) is 91.0 Å². The van der Waals surface area contributed by atoms with Crippen LogP contribution in [0.1, 0.15) is 38.5 Å². The molecule has 0 amide bonds. The molecule has 3 aromatic rings. The minimum Gasteiger partial charge on any atom is -0.748 e. The first-order chi connectivity index (χ1) is 16.2. The zero-order chi connectivity index (χ0) is 24.9. The molecule has 0 aromatic heterocycles. The molecular formula is C26H29F3O3S2. The molecule has 0 saturated carbocycles. The summed E-state index contributed by atoms with van der Waals surface area (Å²) >= 11 is 0. The predicted octanol–water partition coefficient (Wildman–Crippen LogP) is 7.22. The molecule has 0 fully saturated rings. The van der Waals surface area contributed by atoms with Crippen molar-refractivity contribution in [3.63, 3.8) is 0 Å². The van der Waals surface area contributed by atoms with E-state index in [9.17, 15) is 26.1 Å². The van der Waals surface area contributed by atoms with Crippen LogP contribution in [0, 0.1) is 0 Å². The van der Waals surface area contributed by atoms with Crippen LogP contribution in [0.15, 0.2) is 106 Å². The van der Waals surface area contributed by atoms with E-state index >= 15 is 0 Å². The Bertz CT molecular complexity index is 949. The van der Waals surface area contributed by atoms with Gasteiger partial charge in [-0.3, -0.25) is 0 Å². The van der Waals surface area contributed by atoms with Crippen LogP contribution in [-0.4, -0.2) is 24.9 Å². The van der Waals surface area contributed by atoms with Gasteiger partial charge in [-0.1, -0.05) is 73.9 Å². The molecule has 0 aliphatic carbocycles. The summed E-state index contributed by atoms with van der Waals surface area (Å²) in [6, 6.07) is 32.2. The number of unbranched alkanes of at least 4 members (excludes halogenated alkanes) is 4. The molecule has 0 aliphatic rings. The van der Waals surface area contributed by atoms with Crippen molar-refractivity contribution >= 4 is 21.0 Å². The van der Waals surface area contributed by atoms with E-state index in [0.717, 1.165) is 0 Å². The fourth-order valence-electron chi connectivity index (χ4n) is 3.21. The summed E-state index contributed by atoms with van der Waals surface area (Å²) in [6.45, 7) is 0. The topological polar surface area (TPSA) is 57.2 Å². The highest BCUT2D eigenvalue weighted by atomic mass is 32.2. The minimum absolute atomic E-state index is 0.0146. The van der Waals surface area contributed by atoms with Crippen LogP contribution in [0.4, 0.5) is 13.2 Å². The smallest absolute Gasteiger partial charge is 0.389 e. The molecule has 184 valence electrons. The van der Waals surface area contributed by atoms with Crippen LogP contribution < -0.4 is 0 Å². The van der Waals surface area contributed by atoms with Crippen molar-refractivity contribution in [3.8, 4) is 0 Å². The van der Waals surface area contributed by atoms with E-state index in [1.807, 2.05) is 0 Å². The van der Waals surface area contributed by atoms with E-state index in [-0.39, 0.29) is 23.7 Å². The van der Waals surface area contributed by atoms with Crippen molar-refractivity contribution in [2.75, 3.05) is 5.75 Å². The summed E-state index contributed by atoms with van der Waals surface area (Å²) in [4.78, 5) is 4.08. The second kappa shape index (κ2) is 14.2. The van der Waals surface area contributed by atoms with Gasteiger partial charge in [0.15, 0.2) is 14.7 Å². The maximum absolute atomic E-state index is 11.7. The molecule has 0 aliphatic heterocycles. The van der Waals surface area contributed by atoms with Gasteiger partial charge in [-0.25, -0.2) is 8.42 Å². The Morgan fingerprint density at radius 1 is 0.618 bits per heavy atom. The maximum atomic E-state index is 11.7. The molecule has 3 rings (SSSR count). The Labute approximate surface area is 203 Å². The molecule has 0 heterocycles. The molecule has 0 N–H and O–H groups in total. The summed E-state index contributed by atoms with van der Waals surface area (Å²) in [5.74, 6) is -0.424. The van der Waals surface area contributed by atoms with Crippen molar-refractivity contribution in [2.45, 2.75) is 59.4 Å². The number of benzene rings is 3. The van der Waals surface area contributed by atoms with Crippen LogP contribution >= 0.6 is 0 Å². The third-order valence-electron chi connectivity index (χ3n) is 4.79. The highest BCUT2D eigenvalue weighted by Crippen LogP contribution is 2.30. The lowest BCUT2D eigenvalue weighted by Crippen LogP contribution is -2.06. The van der Waals surface area contributed by atoms with Crippen LogP contribution in [0.3, 0.4) is 0 Å². The normalized spacial score (nSPS) is 11.7. The number of hydrogen-bond donors (Lipinski definition) is 0. The van der Waals surface area contributed by atoms with Gasteiger partial charge in [0.2, 0.25) is 0 Å². The van der Waals surface area contributed by atoms with E-state index in [4.69, 9.17) is 0 Å². The lowest BCUT2D eigenvalue weighted by molar-refractivity contribution is -0.135. The summed E-state index contributed by atoms with van der Waals surface area (Å²) in [7, 11) is -4.18. The van der Waals surface area contributed by atoms with E-state index in [0.29, 0.717) is 19.3 Å². The molecule has 34 heavy (non-hydrogen) atoms. The molecule has 0 atom stereocenters. The van der Waals surface area contributed by atoms with Gasteiger partial charge in [0.1, 0.15) is 0 Å². The van der Waals surface area contributed by atoms with Gasteiger partial charge in [0.05, 0.1) is 21.0 Å². The number of alkyl halides is 3. The first-order valence-corrected chi connectivity index (χ1v) is 13.9. The SMILES string of the molecule is O=S(=O)([O-])CCCCCCCC(F)(F)F.c1ccc([S+](c2ccccc2)c2ccccc2)cc1. The fraction of sp³-hybridized carbons (Fsp3) is 0.308. The van der Waals surface area contributed by atoms with E-state index in [2.05, 4.69) is 91.0 Å². The number of rotatable bonds is 10. The molecule has 0 unspecified atom stereocenters. The van der Waals surface area contributed by atoms with Crippen LogP contribution in [0.25, 0.3) is 0 Å². The number of halogens is 3. The van der Waals surface area contributed by atoms with Crippen LogP contribution in [-0.2, 0) is 21.0 Å². The van der Waals surface area contributed by atoms with Gasteiger partial charge < -0.3 is 4.55 Å². The second-order valence-corrected chi connectivity index (χ2v) is 11.2. The standard InChI is InChI=1S/C18H15S.C8H15F3O3S/c1-4-10-16(11-5-1)19(17-12-6-2-7-13-17)18-14-8-3-9-15-18;9-8(10,11)6-4-2-1-3-5-7-15(12,13)14/h1-15H;1-7H2,(H,12,13,14)/q+1;/p-1. The van der Waals surface area contributed by atoms with E-state index < -0.39 is 28.5 Å². The molecule has 3 nitrogen and oxygen atoms in total. The third-order valence-corrected chi connectivity index (χ3v) is 7.81. The molecule has 0 bridgehead atoms. The Morgan fingerprint density at radius 2 is 0.971 bits per heavy atom. The second-order valence-electron chi connectivity index (χ2n) is 7.64. The summed E-state index contributed by atoms with van der Waals surface area (Å²) in [5.41, 5.74) is 0. The summed E-state index contributed by atoms with van der Waals surface area (Å²) in [6.07, 6.45) is -3.18. The van der Waals surface area contributed by atoms with Gasteiger partial charge in [0.25, 0.3) is 0 Å². The van der Waals surface area contributed by atoms with E-state index in [1.54, 1.807) is 0 Å². The molecule has 8 heteroatoms. The lowest BCUT2D eigenvalue weighted by Gasteiger charge is -2.07. The molecule has 0 radical (unpaired) electrons. The Balaban J connectivity index is 0.000000249. The molecular weight excluding hydrogens is 481 g/mol. The van der Waals surface area contributed by atoms with Gasteiger partial charge in [-0.15, -0.1) is 0 Å². The Kier molecular flexibility index (Phi) is 11.7. The van der Waals surface area contributed by atoms with Crippen molar-refractivity contribution in [1.82, 2.24) is 0 Å². The predicted molar refractivity (Wildman–Crippen MR) is 130 cm³/mol. The van der Waals surface area contributed by atoms with Crippen molar-refractivity contribution in [1.29, 1.82) is 0 Å². The molecule has 3 aromatic carbocycles. The Hall–Kier alpha value is -2.29. The van der Waals surface area contributed by atoms with Crippen LogP contribution in [0.2, 0.25) is 0 Å². The van der Waals surface area contributed by atoms with Gasteiger partial charge in [-0.2, -0.15) is 13.2 Å². The van der Waals surface area contributed by atoms with Crippen molar-refractivity contribution < 1.29 is 26.1 Å². The quantitative estimate of drug-likeness (QED) is 0.164. The number of hydrogen-bond acceptors (Lipinski definition) is 3. The minimum atomic E-state index is -4.17. The van der Waals surface area contributed by atoms with Gasteiger partial charge in [0, 0.05) is 12.2 Å². The highest BCUT2D eigenvalue weighted by molar-refractivity contribution is 7.97. The highest BCUT2D eigenvalue weighted by Gasteiger charge is 2.27. The van der Waals surface area contributed by atoms with Crippen LogP contribution in [0.5, 0.6) is 0 Å². The van der Waals surface area contributed by atoms with E-state index in [1.165, 1.54) is 14.7 Å². The maximum Gasteiger partial charge on any atom is 0.389 e. The summed E-state index contributed by atoms with van der Waals surface area (Å²) < 4.78 is 65.4. The van der Waals surface area contributed by atoms with Gasteiger partial charge >= 0.3 is 6.18 Å². The zero-order valence-electron chi connectivity index (χ0n) is 18.8.